The molecule has 100 valence electrons. The van der Waals surface area contributed by atoms with Gasteiger partial charge >= 0.3 is 12.1 Å². The lowest BCUT2D eigenvalue weighted by Crippen LogP contribution is -2.14. The maximum atomic E-state index is 12.7. The number of carboxylic acids is 1. The molecule has 0 spiro atoms. The van der Waals surface area contributed by atoms with Gasteiger partial charge < -0.3 is 14.6 Å². The van der Waals surface area contributed by atoms with Crippen LogP contribution in [0.2, 0.25) is 0 Å². The van der Waals surface area contributed by atoms with Crippen LogP contribution in [0.15, 0.2) is 12.1 Å². The Morgan fingerprint density at radius 3 is 2.33 bits per heavy atom. The number of alkyl halides is 3. The average Bonchev–Trinajstić information content (AvgIpc) is 2.27. The van der Waals surface area contributed by atoms with E-state index in [1.54, 1.807) is 6.92 Å². The molecule has 0 aliphatic heterocycles. The van der Waals surface area contributed by atoms with Crippen molar-refractivity contribution in [1.29, 1.82) is 0 Å². The van der Waals surface area contributed by atoms with Gasteiger partial charge in [0.1, 0.15) is 0 Å². The van der Waals surface area contributed by atoms with E-state index in [1.807, 2.05) is 0 Å². The van der Waals surface area contributed by atoms with E-state index in [4.69, 9.17) is 14.6 Å². The highest BCUT2D eigenvalue weighted by Gasteiger charge is 2.36. The first-order valence-electron chi connectivity index (χ1n) is 4.96. The smallest absolute Gasteiger partial charge is 0.417 e. The van der Waals surface area contributed by atoms with Crippen LogP contribution >= 0.6 is 0 Å². The Kier molecular flexibility index (Phi) is 4.05. The molecule has 0 aliphatic rings. The highest BCUT2D eigenvalue weighted by Crippen LogP contribution is 2.39. The Bertz CT molecular complexity index is 454. The number of hydrogen-bond acceptors (Lipinski definition) is 3. The molecule has 0 radical (unpaired) electrons. The minimum absolute atomic E-state index is 0.0535. The molecule has 0 aliphatic carbocycles. The van der Waals surface area contributed by atoms with Gasteiger partial charge in [-0.25, -0.2) is 4.79 Å². The van der Waals surface area contributed by atoms with Crippen LogP contribution in [0.1, 0.15) is 22.8 Å². The standard InChI is InChI=1S/C11H11F3O4/c1-3-18-9-5-7(11(12,13)14)6(10(15)16)4-8(9)17-2/h4-5H,3H2,1-2H3,(H,15,16). The molecule has 0 amide bonds. The van der Waals surface area contributed by atoms with E-state index in [0.29, 0.717) is 6.07 Å². The van der Waals surface area contributed by atoms with Crippen LogP contribution in [0.4, 0.5) is 13.2 Å². The van der Waals surface area contributed by atoms with Gasteiger partial charge in [-0.3, -0.25) is 0 Å². The topological polar surface area (TPSA) is 55.8 Å². The summed E-state index contributed by atoms with van der Waals surface area (Å²) >= 11 is 0. The fourth-order valence-corrected chi connectivity index (χ4v) is 1.40. The average molecular weight is 264 g/mol. The molecule has 1 aromatic carbocycles. The molecule has 0 saturated heterocycles. The fraction of sp³-hybridized carbons (Fsp3) is 0.364. The summed E-state index contributed by atoms with van der Waals surface area (Å²) in [4.78, 5) is 10.8. The molecule has 0 atom stereocenters. The zero-order valence-corrected chi connectivity index (χ0v) is 9.67. The zero-order chi connectivity index (χ0) is 13.9. The molecule has 0 unspecified atom stereocenters. The SMILES string of the molecule is CCOc1cc(C(F)(F)F)c(C(=O)O)cc1OC. The molecule has 1 rings (SSSR count). The van der Waals surface area contributed by atoms with E-state index >= 15 is 0 Å². The number of rotatable bonds is 4. The van der Waals surface area contributed by atoms with Gasteiger partial charge in [0.25, 0.3) is 0 Å². The number of halogens is 3. The highest BCUT2D eigenvalue weighted by molar-refractivity contribution is 5.90. The first-order valence-corrected chi connectivity index (χ1v) is 4.96. The lowest BCUT2D eigenvalue weighted by Gasteiger charge is -2.15. The summed E-state index contributed by atoms with van der Waals surface area (Å²) in [5, 5.41) is 8.77. The Morgan fingerprint density at radius 2 is 1.94 bits per heavy atom. The third-order valence-corrected chi connectivity index (χ3v) is 2.14. The molecule has 1 N–H and O–H groups in total. The van der Waals surface area contributed by atoms with Crippen LogP contribution in [0.5, 0.6) is 11.5 Å². The Labute approximate surface area is 101 Å². The van der Waals surface area contributed by atoms with Gasteiger partial charge in [0.15, 0.2) is 11.5 Å². The summed E-state index contributed by atoms with van der Waals surface area (Å²) in [5.41, 5.74) is -2.14. The van der Waals surface area contributed by atoms with Gasteiger partial charge in [0.2, 0.25) is 0 Å². The zero-order valence-electron chi connectivity index (χ0n) is 9.67. The van der Waals surface area contributed by atoms with Gasteiger partial charge in [-0.1, -0.05) is 0 Å². The third-order valence-electron chi connectivity index (χ3n) is 2.14. The largest absolute Gasteiger partial charge is 0.493 e. The van der Waals surface area contributed by atoms with Crippen molar-refractivity contribution in [3.05, 3.63) is 23.3 Å². The first kappa shape index (κ1) is 14.1. The lowest BCUT2D eigenvalue weighted by atomic mass is 10.1. The number of ether oxygens (including phenoxy) is 2. The van der Waals surface area contributed by atoms with E-state index in [2.05, 4.69) is 0 Å². The number of carbonyl (C=O) groups is 1. The van der Waals surface area contributed by atoms with Crippen molar-refractivity contribution in [3.8, 4) is 11.5 Å². The predicted octanol–water partition coefficient (Wildman–Crippen LogP) is 2.81. The molecule has 0 fully saturated rings. The maximum Gasteiger partial charge on any atom is 0.417 e. The number of methoxy groups -OCH3 is 1. The van der Waals surface area contributed by atoms with Crippen LogP contribution in [0.25, 0.3) is 0 Å². The Balaban J connectivity index is 3.47. The number of hydrogen-bond donors (Lipinski definition) is 1. The van der Waals surface area contributed by atoms with E-state index in [1.165, 1.54) is 7.11 Å². The molecule has 7 heteroatoms. The summed E-state index contributed by atoms with van der Waals surface area (Å²) in [5.74, 6) is -1.87. The second-order valence-electron chi connectivity index (χ2n) is 3.28. The summed E-state index contributed by atoms with van der Waals surface area (Å²) in [7, 11) is 1.22. The van der Waals surface area contributed by atoms with Crippen LogP contribution in [-0.2, 0) is 6.18 Å². The van der Waals surface area contributed by atoms with Gasteiger partial charge in [-0.15, -0.1) is 0 Å². The first-order chi connectivity index (χ1) is 8.31. The van der Waals surface area contributed by atoms with Gasteiger partial charge in [-0.05, 0) is 19.1 Å². The van der Waals surface area contributed by atoms with Crippen LogP contribution in [0.3, 0.4) is 0 Å². The van der Waals surface area contributed by atoms with Gasteiger partial charge in [0, 0.05) is 0 Å². The van der Waals surface area contributed by atoms with Crippen molar-refractivity contribution in [2.24, 2.45) is 0 Å². The number of aromatic carboxylic acids is 1. The molecule has 1 aromatic rings. The van der Waals surface area contributed by atoms with Crippen molar-refractivity contribution in [2.45, 2.75) is 13.1 Å². The predicted molar refractivity (Wildman–Crippen MR) is 56.1 cm³/mol. The minimum Gasteiger partial charge on any atom is -0.493 e. The van der Waals surface area contributed by atoms with Crippen molar-refractivity contribution >= 4 is 5.97 Å². The highest BCUT2D eigenvalue weighted by atomic mass is 19.4. The molecular weight excluding hydrogens is 253 g/mol. The maximum absolute atomic E-state index is 12.7. The van der Waals surface area contributed by atoms with Crippen LogP contribution in [0, 0.1) is 0 Å². The lowest BCUT2D eigenvalue weighted by molar-refractivity contribution is -0.138. The summed E-state index contributed by atoms with van der Waals surface area (Å²) in [6.45, 7) is 1.73. The normalized spacial score (nSPS) is 11.2. The van der Waals surface area contributed by atoms with E-state index in [-0.39, 0.29) is 18.1 Å². The summed E-state index contributed by atoms with van der Waals surface area (Å²) in [6.07, 6.45) is -4.77. The van der Waals surface area contributed by atoms with E-state index in [0.717, 1.165) is 6.07 Å². The number of carboxylic acid groups (broad SMARTS) is 1. The van der Waals surface area contributed by atoms with Crippen molar-refractivity contribution in [1.82, 2.24) is 0 Å². The van der Waals surface area contributed by atoms with Gasteiger partial charge in [-0.2, -0.15) is 13.2 Å². The van der Waals surface area contributed by atoms with Crippen molar-refractivity contribution < 1.29 is 32.5 Å². The van der Waals surface area contributed by atoms with Crippen LogP contribution in [-0.4, -0.2) is 24.8 Å². The van der Waals surface area contributed by atoms with Gasteiger partial charge in [0.05, 0.1) is 24.8 Å². The van der Waals surface area contributed by atoms with E-state index < -0.39 is 23.3 Å². The molecule has 18 heavy (non-hydrogen) atoms. The molecule has 4 nitrogen and oxygen atoms in total. The molecule has 0 saturated carbocycles. The number of benzene rings is 1. The molecule has 0 aromatic heterocycles. The monoisotopic (exact) mass is 264 g/mol. The molecular formula is C11H11F3O4. The minimum atomic E-state index is -4.77. The Hall–Kier alpha value is -1.92. The van der Waals surface area contributed by atoms with Crippen molar-refractivity contribution in [3.63, 3.8) is 0 Å². The summed E-state index contributed by atoms with van der Waals surface area (Å²) in [6, 6.07) is 1.43. The van der Waals surface area contributed by atoms with E-state index in [9.17, 15) is 18.0 Å². The molecule has 0 bridgehead atoms. The third kappa shape index (κ3) is 2.85. The Morgan fingerprint density at radius 1 is 1.33 bits per heavy atom. The fourth-order valence-electron chi connectivity index (χ4n) is 1.40. The molecule has 0 heterocycles. The van der Waals surface area contributed by atoms with Crippen molar-refractivity contribution in [2.75, 3.05) is 13.7 Å². The quantitative estimate of drug-likeness (QED) is 0.908. The van der Waals surface area contributed by atoms with Crippen LogP contribution < -0.4 is 9.47 Å². The second-order valence-corrected chi connectivity index (χ2v) is 3.28. The second kappa shape index (κ2) is 5.16. The summed E-state index contributed by atoms with van der Waals surface area (Å²) < 4.78 is 47.9.